The normalized spacial score (nSPS) is 11.2. The number of nitrogens with zero attached hydrogens (tertiary/aromatic N) is 1. The molecule has 0 saturated heterocycles. The van der Waals surface area contributed by atoms with E-state index >= 15 is 0 Å². The number of amides is 1. The van der Waals surface area contributed by atoms with Gasteiger partial charge in [-0.15, -0.1) is 0 Å². The minimum absolute atomic E-state index is 0.112. The van der Waals surface area contributed by atoms with E-state index in [1.165, 1.54) is 19.9 Å². The summed E-state index contributed by atoms with van der Waals surface area (Å²) in [5, 5.41) is 14.1. The quantitative estimate of drug-likeness (QED) is 0.636. The van der Waals surface area contributed by atoms with E-state index in [4.69, 9.17) is 20.8 Å². The van der Waals surface area contributed by atoms with Crippen LogP contribution in [-0.2, 0) is 4.79 Å². The van der Waals surface area contributed by atoms with Crippen molar-refractivity contribution in [3.63, 3.8) is 0 Å². The number of benzene rings is 1. The summed E-state index contributed by atoms with van der Waals surface area (Å²) in [6.45, 7) is 2.72. The van der Waals surface area contributed by atoms with Gasteiger partial charge in [-0.2, -0.15) is 5.10 Å². The lowest BCUT2D eigenvalue weighted by Gasteiger charge is -2.06. The number of hydrogen-bond acceptors (Lipinski definition) is 6. The van der Waals surface area contributed by atoms with Gasteiger partial charge in [-0.3, -0.25) is 4.79 Å². The first kappa shape index (κ1) is 17.6. The van der Waals surface area contributed by atoms with E-state index in [1.807, 2.05) is 0 Å². The lowest BCUT2D eigenvalue weighted by atomic mass is 10.2. The number of halogens is 1. The average Bonchev–Trinajstić information content (AvgIpc) is 2.51. The molecule has 0 spiro atoms. The summed E-state index contributed by atoms with van der Waals surface area (Å²) in [7, 11) is 0. The van der Waals surface area contributed by atoms with E-state index in [2.05, 4.69) is 10.5 Å². The summed E-state index contributed by atoms with van der Waals surface area (Å²) >= 11 is 5.75. The maximum absolute atomic E-state index is 11.7. The summed E-state index contributed by atoms with van der Waals surface area (Å²) in [4.78, 5) is 23.4. The van der Waals surface area contributed by atoms with Crippen LogP contribution in [0.1, 0.15) is 18.2 Å². The molecule has 24 heavy (non-hydrogen) atoms. The van der Waals surface area contributed by atoms with Crippen LogP contribution in [0.4, 0.5) is 0 Å². The highest BCUT2D eigenvalue weighted by Gasteiger charge is 2.13. The lowest BCUT2D eigenvalue weighted by molar-refractivity contribution is -0.123. The minimum Gasteiger partial charge on any atom is -0.507 e. The van der Waals surface area contributed by atoms with Crippen molar-refractivity contribution in [2.24, 2.45) is 5.10 Å². The Morgan fingerprint density at radius 1 is 1.38 bits per heavy atom. The Bertz CT molecular complexity index is 827. The smallest absolute Gasteiger partial charge is 0.348 e. The van der Waals surface area contributed by atoms with Gasteiger partial charge in [-0.1, -0.05) is 11.6 Å². The second-order valence-electron chi connectivity index (χ2n) is 4.88. The number of aryl methyl sites for hydroxylation is 1. The van der Waals surface area contributed by atoms with Crippen LogP contribution in [0.5, 0.6) is 11.5 Å². The van der Waals surface area contributed by atoms with Crippen molar-refractivity contribution >= 4 is 23.2 Å². The Morgan fingerprint density at radius 3 is 2.67 bits per heavy atom. The number of aromatic hydroxyl groups is 1. The standard InChI is InChI=1S/C16H15ClN2O5/c1-9-7-13(20)15(16(22)24-9)10(2)18-19-14(21)8-23-12-5-3-11(17)4-6-12/h3-7,20H,8H2,1-2H3,(H,19,21)/b18-10-. The van der Waals surface area contributed by atoms with Crippen molar-refractivity contribution in [1.29, 1.82) is 0 Å². The van der Waals surface area contributed by atoms with E-state index in [9.17, 15) is 14.7 Å². The molecule has 0 unspecified atom stereocenters. The Balaban J connectivity index is 1.98. The molecule has 0 atom stereocenters. The average molecular weight is 351 g/mol. The third-order valence-corrected chi connectivity index (χ3v) is 3.20. The number of carbonyl (C=O) groups excluding carboxylic acids is 1. The van der Waals surface area contributed by atoms with Crippen LogP contribution in [0.15, 0.2) is 44.6 Å². The molecule has 0 fully saturated rings. The van der Waals surface area contributed by atoms with Crippen LogP contribution in [0.3, 0.4) is 0 Å². The first-order valence-corrected chi connectivity index (χ1v) is 7.30. The largest absolute Gasteiger partial charge is 0.507 e. The van der Waals surface area contributed by atoms with Gasteiger partial charge in [0.25, 0.3) is 5.91 Å². The molecule has 2 aromatic rings. The number of rotatable bonds is 5. The van der Waals surface area contributed by atoms with Gasteiger partial charge < -0.3 is 14.3 Å². The van der Waals surface area contributed by atoms with Gasteiger partial charge >= 0.3 is 5.63 Å². The molecule has 126 valence electrons. The molecule has 2 rings (SSSR count). The highest BCUT2D eigenvalue weighted by Crippen LogP contribution is 2.16. The molecule has 0 aliphatic carbocycles. The summed E-state index contributed by atoms with van der Waals surface area (Å²) < 4.78 is 10.1. The molecule has 0 saturated carbocycles. The minimum atomic E-state index is -0.736. The van der Waals surface area contributed by atoms with Crippen LogP contribution in [0.2, 0.25) is 5.02 Å². The van der Waals surface area contributed by atoms with Gasteiger partial charge in [0, 0.05) is 11.1 Å². The topological polar surface area (TPSA) is 101 Å². The zero-order chi connectivity index (χ0) is 17.7. The van der Waals surface area contributed by atoms with Gasteiger partial charge in [0.2, 0.25) is 0 Å². The molecule has 1 heterocycles. The monoisotopic (exact) mass is 350 g/mol. The fourth-order valence-electron chi connectivity index (χ4n) is 1.84. The summed E-state index contributed by atoms with van der Waals surface area (Å²) in [5.74, 6) is -0.0431. The molecule has 0 aliphatic heterocycles. The fourth-order valence-corrected chi connectivity index (χ4v) is 1.97. The molecule has 2 N–H and O–H groups in total. The van der Waals surface area contributed by atoms with Crippen LogP contribution < -0.4 is 15.8 Å². The number of carbonyl (C=O) groups is 1. The molecule has 1 amide bonds. The van der Waals surface area contributed by atoms with Gasteiger partial charge in [-0.25, -0.2) is 10.2 Å². The van der Waals surface area contributed by atoms with Crippen LogP contribution in [-0.4, -0.2) is 23.3 Å². The first-order chi connectivity index (χ1) is 11.4. The van der Waals surface area contributed by atoms with E-state index in [0.717, 1.165) is 0 Å². The van der Waals surface area contributed by atoms with Gasteiger partial charge in [0.05, 0.1) is 5.71 Å². The molecule has 0 radical (unpaired) electrons. The zero-order valence-corrected chi connectivity index (χ0v) is 13.8. The number of ether oxygens (including phenoxy) is 1. The van der Waals surface area contributed by atoms with Crippen molar-refractivity contribution < 1.29 is 19.1 Å². The van der Waals surface area contributed by atoms with Crippen LogP contribution in [0.25, 0.3) is 0 Å². The molecule has 0 bridgehead atoms. The van der Waals surface area contributed by atoms with Crippen molar-refractivity contribution in [3.8, 4) is 11.5 Å². The van der Waals surface area contributed by atoms with Crippen molar-refractivity contribution in [2.75, 3.05) is 6.61 Å². The number of hydrogen-bond donors (Lipinski definition) is 2. The van der Waals surface area contributed by atoms with Crippen molar-refractivity contribution in [1.82, 2.24) is 5.43 Å². The Kier molecular flexibility index (Phi) is 5.59. The molecule has 1 aromatic carbocycles. The second kappa shape index (κ2) is 7.65. The molecule has 0 aliphatic rings. The van der Waals surface area contributed by atoms with Crippen LogP contribution >= 0.6 is 11.6 Å². The predicted molar refractivity (Wildman–Crippen MR) is 88.7 cm³/mol. The van der Waals surface area contributed by atoms with Crippen molar-refractivity contribution in [2.45, 2.75) is 13.8 Å². The van der Waals surface area contributed by atoms with Crippen LogP contribution in [0, 0.1) is 6.92 Å². The molecule has 1 aromatic heterocycles. The molecular weight excluding hydrogens is 336 g/mol. The van der Waals surface area contributed by atoms with Gasteiger partial charge in [0.1, 0.15) is 22.8 Å². The maximum atomic E-state index is 11.7. The van der Waals surface area contributed by atoms with Gasteiger partial charge in [-0.05, 0) is 38.1 Å². The van der Waals surface area contributed by atoms with E-state index in [-0.39, 0.29) is 29.4 Å². The summed E-state index contributed by atoms with van der Waals surface area (Å²) in [5.41, 5.74) is 1.50. The summed E-state index contributed by atoms with van der Waals surface area (Å²) in [6.07, 6.45) is 0. The SMILES string of the molecule is C/C(=N/NC(=O)COc1ccc(Cl)cc1)c1c(O)cc(C)oc1=O. The zero-order valence-electron chi connectivity index (χ0n) is 13.0. The highest BCUT2D eigenvalue weighted by atomic mass is 35.5. The maximum Gasteiger partial charge on any atom is 0.348 e. The molecular formula is C16H15ClN2O5. The van der Waals surface area contributed by atoms with E-state index in [1.54, 1.807) is 24.3 Å². The van der Waals surface area contributed by atoms with E-state index < -0.39 is 11.5 Å². The summed E-state index contributed by atoms with van der Waals surface area (Å²) in [6, 6.07) is 7.81. The predicted octanol–water partition coefficient (Wildman–Crippen LogP) is 2.23. The van der Waals surface area contributed by atoms with Crippen molar-refractivity contribution in [3.05, 3.63) is 57.1 Å². The Hall–Kier alpha value is -2.80. The first-order valence-electron chi connectivity index (χ1n) is 6.92. The third kappa shape index (κ3) is 4.60. The fraction of sp³-hybridized carbons (Fsp3) is 0.188. The van der Waals surface area contributed by atoms with Gasteiger partial charge in [0.15, 0.2) is 6.61 Å². The molecule has 8 heteroatoms. The lowest BCUT2D eigenvalue weighted by Crippen LogP contribution is -2.26. The number of hydrazone groups is 1. The third-order valence-electron chi connectivity index (χ3n) is 2.95. The number of nitrogens with one attached hydrogen (secondary N) is 1. The second-order valence-corrected chi connectivity index (χ2v) is 5.32. The Labute approximate surface area is 142 Å². The molecule has 7 nitrogen and oxygen atoms in total. The highest BCUT2D eigenvalue weighted by molar-refractivity contribution is 6.30. The Morgan fingerprint density at radius 2 is 2.04 bits per heavy atom. The van der Waals surface area contributed by atoms with E-state index in [0.29, 0.717) is 10.8 Å².